The summed E-state index contributed by atoms with van der Waals surface area (Å²) in [7, 11) is 3.70. The number of piperidine rings is 1. The summed E-state index contributed by atoms with van der Waals surface area (Å²) in [6.45, 7) is 4.38. The summed E-state index contributed by atoms with van der Waals surface area (Å²) < 4.78 is 5.19. The Morgan fingerprint density at radius 3 is 2.43 bits per heavy atom. The molecule has 1 amide bonds. The summed E-state index contributed by atoms with van der Waals surface area (Å²) in [6, 6.07) is 18.5. The van der Waals surface area contributed by atoms with Gasteiger partial charge < -0.3 is 15.0 Å². The van der Waals surface area contributed by atoms with E-state index in [2.05, 4.69) is 39.4 Å². The lowest BCUT2D eigenvalue weighted by Crippen LogP contribution is -2.42. The van der Waals surface area contributed by atoms with Crippen molar-refractivity contribution < 1.29 is 9.53 Å². The number of likely N-dealkylation sites (tertiary alicyclic amines) is 1. The van der Waals surface area contributed by atoms with Crippen LogP contribution >= 0.6 is 0 Å². The Morgan fingerprint density at radius 2 is 1.79 bits per heavy atom. The Hall–Kier alpha value is -2.53. The molecule has 2 aromatic carbocycles. The van der Waals surface area contributed by atoms with Gasteiger partial charge in [0.2, 0.25) is 5.91 Å². The first-order valence-corrected chi connectivity index (χ1v) is 10.0. The van der Waals surface area contributed by atoms with Crippen molar-refractivity contribution in [2.75, 3.05) is 45.2 Å². The molecule has 0 saturated carbocycles. The molecule has 0 unspecified atom stereocenters. The molecule has 0 aromatic heterocycles. The minimum Gasteiger partial charge on any atom is -0.497 e. The van der Waals surface area contributed by atoms with E-state index in [0.717, 1.165) is 50.5 Å². The number of anilines is 1. The van der Waals surface area contributed by atoms with Gasteiger partial charge in [-0.15, -0.1) is 0 Å². The van der Waals surface area contributed by atoms with E-state index in [9.17, 15) is 4.79 Å². The van der Waals surface area contributed by atoms with Crippen LogP contribution in [0.4, 0.5) is 5.69 Å². The maximum Gasteiger partial charge on any atom is 0.223 e. The second-order valence-corrected chi connectivity index (χ2v) is 7.45. The minimum absolute atomic E-state index is 0.137. The Morgan fingerprint density at radius 1 is 1.11 bits per heavy atom. The van der Waals surface area contributed by atoms with E-state index < -0.39 is 0 Å². The van der Waals surface area contributed by atoms with Crippen molar-refractivity contribution in [2.24, 2.45) is 5.92 Å². The zero-order valence-electron chi connectivity index (χ0n) is 16.9. The molecule has 0 spiro atoms. The van der Waals surface area contributed by atoms with Crippen LogP contribution in [0, 0.1) is 5.92 Å². The third kappa shape index (κ3) is 5.73. The van der Waals surface area contributed by atoms with Crippen LogP contribution in [0.5, 0.6) is 5.75 Å². The first kappa shape index (κ1) is 20.2. The zero-order valence-corrected chi connectivity index (χ0v) is 16.9. The summed E-state index contributed by atoms with van der Waals surface area (Å²) in [5.41, 5.74) is 2.45. The smallest absolute Gasteiger partial charge is 0.223 e. The number of benzene rings is 2. The fourth-order valence-electron chi connectivity index (χ4n) is 3.65. The van der Waals surface area contributed by atoms with Crippen LogP contribution < -0.4 is 15.0 Å². The van der Waals surface area contributed by atoms with Gasteiger partial charge in [-0.1, -0.05) is 30.3 Å². The third-order valence-corrected chi connectivity index (χ3v) is 5.47. The lowest BCUT2D eigenvalue weighted by molar-refractivity contribution is -0.126. The predicted molar refractivity (Wildman–Crippen MR) is 114 cm³/mol. The van der Waals surface area contributed by atoms with E-state index in [4.69, 9.17) is 4.74 Å². The molecule has 1 heterocycles. The van der Waals surface area contributed by atoms with Crippen molar-refractivity contribution in [3.8, 4) is 5.75 Å². The number of rotatable bonds is 8. The van der Waals surface area contributed by atoms with Gasteiger partial charge >= 0.3 is 0 Å². The molecule has 0 aliphatic carbocycles. The standard InChI is InChI=1S/C23H31N3O2/c1-25(21-8-10-22(28-2)11-9-21)17-14-24-23(27)20-12-15-26(16-13-20)18-19-6-4-3-5-7-19/h3-11,20H,12-18H2,1-2H3,(H,24,27). The first-order valence-electron chi connectivity index (χ1n) is 10.0. The highest BCUT2D eigenvalue weighted by Gasteiger charge is 2.24. The number of carbonyl (C=O) groups excluding carboxylic acids is 1. The number of methoxy groups -OCH3 is 1. The summed E-state index contributed by atoms with van der Waals surface area (Å²) in [6.07, 6.45) is 1.87. The van der Waals surface area contributed by atoms with Crippen molar-refractivity contribution in [3.05, 3.63) is 60.2 Å². The monoisotopic (exact) mass is 381 g/mol. The Kier molecular flexibility index (Phi) is 7.31. The van der Waals surface area contributed by atoms with E-state index in [1.165, 1.54) is 5.56 Å². The predicted octanol–water partition coefficient (Wildman–Crippen LogP) is 3.16. The van der Waals surface area contributed by atoms with E-state index >= 15 is 0 Å². The molecule has 3 rings (SSSR count). The molecule has 150 valence electrons. The van der Waals surface area contributed by atoms with Gasteiger partial charge in [-0.3, -0.25) is 9.69 Å². The van der Waals surface area contributed by atoms with E-state index in [1.807, 2.05) is 37.4 Å². The van der Waals surface area contributed by atoms with Crippen molar-refractivity contribution in [3.63, 3.8) is 0 Å². The van der Waals surface area contributed by atoms with E-state index in [-0.39, 0.29) is 11.8 Å². The fourth-order valence-corrected chi connectivity index (χ4v) is 3.65. The molecule has 2 aromatic rings. The number of likely N-dealkylation sites (N-methyl/N-ethyl adjacent to an activating group) is 1. The van der Waals surface area contributed by atoms with E-state index in [1.54, 1.807) is 7.11 Å². The lowest BCUT2D eigenvalue weighted by atomic mass is 9.95. The first-order chi connectivity index (χ1) is 13.7. The third-order valence-electron chi connectivity index (χ3n) is 5.47. The number of hydrogen-bond donors (Lipinski definition) is 1. The molecular weight excluding hydrogens is 350 g/mol. The van der Waals surface area contributed by atoms with Crippen LogP contribution in [0.1, 0.15) is 18.4 Å². The molecule has 0 atom stereocenters. The van der Waals surface area contributed by atoms with Gasteiger partial charge in [-0.05, 0) is 55.8 Å². The second kappa shape index (κ2) is 10.1. The zero-order chi connectivity index (χ0) is 19.8. The summed E-state index contributed by atoms with van der Waals surface area (Å²) in [5.74, 6) is 1.19. The molecule has 28 heavy (non-hydrogen) atoms. The Balaban J connectivity index is 1.36. The maximum absolute atomic E-state index is 12.5. The van der Waals surface area contributed by atoms with Crippen molar-refractivity contribution >= 4 is 11.6 Å². The van der Waals surface area contributed by atoms with Gasteiger partial charge in [0.1, 0.15) is 5.75 Å². The molecule has 0 bridgehead atoms. The molecule has 1 fully saturated rings. The number of nitrogens with one attached hydrogen (secondary N) is 1. The second-order valence-electron chi connectivity index (χ2n) is 7.45. The Labute approximate surface area is 168 Å². The number of carbonyl (C=O) groups is 1. The van der Waals surface area contributed by atoms with E-state index in [0.29, 0.717) is 6.54 Å². The van der Waals surface area contributed by atoms with Gasteiger partial charge in [0.25, 0.3) is 0 Å². The van der Waals surface area contributed by atoms with Gasteiger partial charge in [-0.2, -0.15) is 0 Å². The highest BCUT2D eigenvalue weighted by Crippen LogP contribution is 2.20. The summed E-state index contributed by atoms with van der Waals surface area (Å²) >= 11 is 0. The summed E-state index contributed by atoms with van der Waals surface area (Å²) in [4.78, 5) is 17.1. The van der Waals surface area contributed by atoms with Gasteiger partial charge in [-0.25, -0.2) is 0 Å². The van der Waals surface area contributed by atoms with Crippen LogP contribution in [0.3, 0.4) is 0 Å². The van der Waals surface area contributed by atoms with Gasteiger partial charge in [0.05, 0.1) is 7.11 Å². The average Bonchev–Trinajstić information content (AvgIpc) is 2.75. The molecule has 1 saturated heterocycles. The summed E-state index contributed by atoms with van der Waals surface area (Å²) in [5, 5.41) is 3.12. The molecule has 5 heteroatoms. The molecule has 1 aliphatic heterocycles. The Bertz CT molecular complexity index is 725. The maximum atomic E-state index is 12.5. The molecule has 0 radical (unpaired) electrons. The highest BCUT2D eigenvalue weighted by molar-refractivity contribution is 5.78. The molecule has 5 nitrogen and oxygen atoms in total. The van der Waals surface area contributed by atoms with Crippen LogP contribution in [0.25, 0.3) is 0 Å². The quantitative estimate of drug-likeness (QED) is 0.763. The van der Waals surface area contributed by atoms with Crippen LogP contribution in [0.15, 0.2) is 54.6 Å². The van der Waals surface area contributed by atoms with Crippen LogP contribution in [-0.2, 0) is 11.3 Å². The molecular formula is C23H31N3O2. The van der Waals surface area contributed by atoms with Gasteiger partial charge in [0.15, 0.2) is 0 Å². The highest BCUT2D eigenvalue weighted by atomic mass is 16.5. The normalized spacial score (nSPS) is 15.2. The van der Waals surface area contributed by atoms with Crippen molar-refractivity contribution in [1.29, 1.82) is 0 Å². The number of ether oxygens (including phenoxy) is 1. The number of nitrogens with zero attached hydrogens (tertiary/aromatic N) is 2. The van der Waals surface area contributed by atoms with Crippen molar-refractivity contribution in [2.45, 2.75) is 19.4 Å². The minimum atomic E-state index is 0.137. The molecule has 1 aliphatic rings. The largest absolute Gasteiger partial charge is 0.497 e. The average molecular weight is 382 g/mol. The SMILES string of the molecule is COc1ccc(N(C)CCNC(=O)C2CCN(Cc3ccccc3)CC2)cc1. The van der Waals surface area contributed by atoms with Crippen molar-refractivity contribution in [1.82, 2.24) is 10.2 Å². The van der Waals surface area contributed by atoms with Crippen LogP contribution in [-0.4, -0.2) is 51.1 Å². The van der Waals surface area contributed by atoms with Crippen LogP contribution in [0.2, 0.25) is 0 Å². The topological polar surface area (TPSA) is 44.8 Å². The molecule has 1 N–H and O–H groups in total. The number of amides is 1. The van der Waals surface area contributed by atoms with Gasteiger partial charge in [0, 0.05) is 38.3 Å². The lowest BCUT2D eigenvalue weighted by Gasteiger charge is -2.31. The number of hydrogen-bond acceptors (Lipinski definition) is 4. The fraction of sp³-hybridized carbons (Fsp3) is 0.435.